The van der Waals surface area contributed by atoms with E-state index in [1.165, 1.54) is 45.5 Å². The van der Waals surface area contributed by atoms with Gasteiger partial charge in [0.2, 0.25) is 10.0 Å². The SMILES string of the molecule is COc1ccc(C(=O)N2CCN(c3cccc(F)c3C#N)CC2)cc1S(=O)(=O)N(C)C. The van der Waals surface area contributed by atoms with Crippen molar-refractivity contribution in [3.05, 3.63) is 53.3 Å². The molecule has 1 amide bonds. The Hall–Kier alpha value is -3.16. The zero-order valence-corrected chi connectivity index (χ0v) is 18.3. The summed E-state index contributed by atoms with van der Waals surface area (Å²) >= 11 is 0. The molecule has 1 aliphatic rings. The Morgan fingerprint density at radius 1 is 1.16 bits per heavy atom. The Bertz CT molecular complexity index is 1140. The molecule has 1 fully saturated rings. The predicted octanol–water partition coefficient (Wildman–Crippen LogP) is 1.92. The van der Waals surface area contributed by atoms with Gasteiger partial charge in [0.1, 0.15) is 28.1 Å². The van der Waals surface area contributed by atoms with Crippen LogP contribution in [0.1, 0.15) is 15.9 Å². The average Bonchev–Trinajstić information content (AvgIpc) is 2.78. The van der Waals surface area contributed by atoms with Crippen LogP contribution in [0, 0.1) is 17.1 Å². The molecule has 0 spiro atoms. The van der Waals surface area contributed by atoms with Gasteiger partial charge in [-0.1, -0.05) is 6.07 Å². The first kappa shape index (κ1) is 22.5. The van der Waals surface area contributed by atoms with Gasteiger partial charge >= 0.3 is 0 Å². The normalized spacial score (nSPS) is 14.5. The molecule has 1 saturated heterocycles. The molecule has 164 valence electrons. The molecular formula is C21H23FN4O4S. The molecule has 1 aliphatic heterocycles. The molecule has 31 heavy (non-hydrogen) atoms. The van der Waals surface area contributed by atoms with Crippen molar-refractivity contribution < 1.29 is 22.3 Å². The molecule has 2 aromatic rings. The van der Waals surface area contributed by atoms with Gasteiger partial charge in [0.15, 0.2) is 0 Å². The third-order valence-electron chi connectivity index (χ3n) is 5.18. The van der Waals surface area contributed by atoms with Crippen LogP contribution in [0.4, 0.5) is 10.1 Å². The maximum absolute atomic E-state index is 13.9. The summed E-state index contributed by atoms with van der Waals surface area (Å²) in [7, 11) is 0.382. The predicted molar refractivity (Wildman–Crippen MR) is 113 cm³/mol. The topological polar surface area (TPSA) is 94.0 Å². The van der Waals surface area contributed by atoms with Crippen molar-refractivity contribution in [1.29, 1.82) is 5.26 Å². The fourth-order valence-electron chi connectivity index (χ4n) is 3.43. The van der Waals surface area contributed by atoms with Crippen LogP contribution in [0.15, 0.2) is 41.3 Å². The summed E-state index contributed by atoms with van der Waals surface area (Å²) in [5, 5.41) is 9.25. The van der Waals surface area contributed by atoms with E-state index >= 15 is 0 Å². The van der Waals surface area contributed by atoms with Crippen LogP contribution < -0.4 is 9.64 Å². The average molecular weight is 447 g/mol. The number of anilines is 1. The van der Waals surface area contributed by atoms with E-state index in [0.717, 1.165) is 4.31 Å². The van der Waals surface area contributed by atoms with E-state index < -0.39 is 15.8 Å². The van der Waals surface area contributed by atoms with E-state index in [1.54, 1.807) is 17.0 Å². The summed E-state index contributed by atoms with van der Waals surface area (Å²) in [6.45, 7) is 1.54. The van der Waals surface area contributed by atoms with Gasteiger partial charge in [-0.05, 0) is 30.3 Å². The molecule has 0 bridgehead atoms. The number of ether oxygens (including phenoxy) is 1. The molecule has 0 unspecified atom stereocenters. The van der Waals surface area contributed by atoms with Crippen LogP contribution in [0.2, 0.25) is 0 Å². The molecule has 1 heterocycles. The van der Waals surface area contributed by atoms with Crippen molar-refractivity contribution in [3.8, 4) is 11.8 Å². The van der Waals surface area contributed by atoms with Crippen LogP contribution in [-0.2, 0) is 10.0 Å². The fourth-order valence-corrected chi connectivity index (χ4v) is 4.50. The second-order valence-corrected chi connectivity index (χ2v) is 9.30. The highest BCUT2D eigenvalue weighted by molar-refractivity contribution is 7.89. The van der Waals surface area contributed by atoms with Crippen molar-refractivity contribution in [2.45, 2.75) is 4.90 Å². The Morgan fingerprint density at radius 2 is 1.84 bits per heavy atom. The number of halogens is 1. The van der Waals surface area contributed by atoms with Crippen LogP contribution in [0.3, 0.4) is 0 Å². The van der Waals surface area contributed by atoms with Crippen molar-refractivity contribution in [3.63, 3.8) is 0 Å². The number of benzene rings is 2. The second-order valence-electron chi connectivity index (χ2n) is 7.18. The molecule has 8 nitrogen and oxygen atoms in total. The van der Waals surface area contributed by atoms with Crippen LogP contribution in [0.25, 0.3) is 0 Å². The molecule has 3 rings (SSSR count). The Morgan fingerprint density at radius 3 is 2.42 bits per heavy atom. The van der Waals surface area contributed by atoms with Gasteiger partial charge in [-0.25, -0.2) is 17.1 Å². The smallest absolute Gasteiger partial charge is 0.254 e. The van der Waals surface area contributed by atoms with Crippen molar-refractivity contribution in [2.24, 2.45) is 0 Å². The first-order chi connectivity index (χ1) is 14.7. The van der Waals surface area contributed by atoms with E-state index in [2.05, 4.69) is 0 Å². The number of hydrogen-bond acceptors (Lipinski definition) is 6. The van der Waals surface area contributed by atoms with Crippen LogP contribution in [-0.4, -0.2) is 70.9 Å². The number of nitriles is 1. The maximum atomic E-state index is 13.9. The quantitative estimate of drug-likeness (QED) is 0.697. The lowest BCUT2D eigenvalue weighted by Crippen LogP contribution is -2.49. The molecule has 0 aromatic heterocycles. The first-order valence-corrected chi connectivity index (χ1v) is 11.0. The highest BCUT2D eigenvalue weighted by Gasteiger charge is 2.27. The number of carbonyl (C=O) groups is 1. The number of hydrogen-bond donors (Lipinski definition) is 0. The molecule has 0 atom stereocenters. The Labute approximate surface area is 181 Å². The first-order valence-electron chi connectivity index (χ1n) is 9.54. The van der Waals surface area contributed by atoms with Crippen molar-refractivity contribution in [1.82, 2.24) is 9.21 Å². The highest BCUT2D eigenvalue weighted by Crippen LogP contribution is 2.28. The largest absolute Gasteiger partial charge is 0.495 e. The maximum Gasteiger partial charge on any atom is 0.254 e. The molecule has 0 radical (unpaired) electrons. The summed E-state index contributed by atoms with van der Waals surface area (Å²) in [5.41, 5.74) is 0.715. The minimum Gasteiger partial charge on any atom is -0.495 e. The van der Waals surface area contributed by atoms with Crippen LogP contribution in [0.5, 0.6) is 5.75 Å². The third kappa shape index (κ3) is 4.33. The molecular weight excluding hydrogens is 423 g/mol. The molecule has 10 heteroatoms. The number of rotatable bonds is 5. The summed E-state index contributed by atoms with van der Waals surface area (Å²) < 4.78 is 45.3. The summed E-state index contributed by atoms with van der Waals surface area (Å²) in [6, 6.07) is 10.7. The number of nitrogens with zero attached hydrogens (tertiary/aromatic N) is 4. The Balaban J connectivity index is 1.80. The van der Waals surface area contributed by atoms with Gasteiger partial charge in [-0.2, -0.15) is 5.26 Å². The number of amides is 1. The standard InChI is InChI=1S/C21H23FN4O4S/c1-24(2)31(28,29)20-13-15(7-8-19(20)30-3)21(27)26-11-9-25(10-12-26)18-6-4-5-17(22)16(18)14-23/h4-8,13H,9-12H2,1-3H3. The van der Waals surface area contributed by atoms with E-state index in [-0.39, 0.29) is 27.7 Å². The van der Waals surface area contributed by atoms with Gasteiger partial charge in [0, 0.05) is 45.8 Å². The summed E-state index contributed by atoms with van der Waals surface area (Å²) in [4.78, 5) is 16.4. The molecule has 0 N–H and O–H groups in total. The van der Waals surface area contributed by atoms with Crippen molar-refractivity contribution in [2.75, 3.05) is 52.3 Å². The fraction of sp³-hybridized carbons (Fsp3) is 0.333. The molecule has 0 saturated carbocycles. The minimum absolute atomic E-state index is 0.0176. The Kier molecular flexibility index (Phi) is 6.48. The van der Waals surface area contributed by atoms with Gasteiger partial charge in [-0.3, -0.25) is 4.79 Å². The lowest BCUT2D eigenvalue weighted by atomic mass is 10.1. The van der Waals surface area contributed by atoms with E-state index in [4.69, 9.17) is 4.74 Å². The molecule has 0 aliphatic carbocycles. The molecule has 2 aromatic carbocycles. The van der Waals surface area contributed by atoms with Gasteiger partial charge in [0.05, 0.1) is 12.8 Å². The van der Waals surface area contributed by atoms with Crippen LogP contribution >= 0.6 is 0 Å². The monoisotopic (exact) mass is 446 g/mol. The number of sulfonamides is 1. The van der Waals surface area contributed by atoms with E-state index in [9.17, 15) is 22.9 Å². The zero-order chi connectivity index (χ0) is 22.8. The third-order valence-corrected chi connectivity index (χ3v) is 7.02. The lowest BCUT2D eigenvalue weighted by Gasteiger charge is -2.36. The van der Waals surface area contributed by atoms with Gasteiger partial charge in [0.25, 0.3) is 5.91 Å². The summed E-state index contributed by atoms with van der Waals surface area (Å²) in [5.74, 6) is -0.728. The van der Waals surface area contributed by atoms with Crippen molar-refractivity contribution >= 4 is 21.6 Å². The number of methoxy groups -OCH3 is 1. The zero-order valence-electron chi connectivity index (χ0n) is 17.5. The number of piperazine rings is 1. The number of carbonyl (C=O) groups excluding carboxylic acids is 1. The van der Waals surface area contributed by atoms with Gasteiger partial charge in [-0.15, -0.1) is 0 Å². The second kappa shape index (κ2) is 8.91. The minimum atomic E-state index is -3.80. The summed E-state index contributed by atoms with van der Waals surface area (Å²) in [6.07, 6.45) is 0. The van der Waals surface area contributed by atoms with Gasteiger partial charge < -0.3 is 14.5 Å². The van der Waals surface area contributed by atoms with E-state index in [0.29, 0.717) is 31.9 Å². The lowest BCUT2D eigenvalue weighted by molar-refractivity contribution is 0.0746. The van der Waals surface area contributed by atoms with E-state index in [1.807, 2.05) is 11.0 Å². The highest BCUT2D eigenvalue weighted by atomic mass is 32.2.